The van der Waals surface area contributed by atoms with Gasteiger partial charge in [0.2, 0.25) is 5.91 Å². The fraction of sp³-hybridized carbons (Fsp3) is 0.353. The van der Waals surface area contributed by atoms with Crippen LogP contribution in [0.4, 0.5) is 0 Å². The largest absolute Gasteiger partial charge is 0.481 e. The summed E-state index contributed by atoms with van der Waals surface area (Å²) in [4.78, 5) is 28.5. The van der Waals surface area contributed by atoms with Gasteiger partial charge in [0.05, 0.1) is 12.1 Å². The third kappa shape index (κ3) is 4.83. The molecule has 0 saturated carbocycles. The molecule has 1 atom stereocenters. The van der Waals surface area contributed by atoms with Crippen LogP contribution in [0.1, 0.15) is 19.2 Å². The predicted octanol–water partition coefficient (Wildman–Crippen LogP) is 3.11. The molecule has 1 amide bonds. The van der Waals surface area contributed by atoms with Crippen LogP contribution in [0.25, 0.3) is 11.3 Å². The summed E-state index contributed by atoms with van der Waals surface area (Å²) in [6.07, 6.45) is 2.18. The van der Waals surface area contributed by atoms with Crippen LogP contribution in [-0.2, 0) is 16.0 Å². The van der Waals surface area contributed by atoms with Crippen LogP contribution in [0.15, 0.2) is 34.9 Å². The molecule has 0 aliphatic rings. The summed E-state index contributed by atoms with van der Waals surface area (Å²) in [5.74, 6) is -0.587. The molecule has 1 aromatic heterocycles. The lowest BCUT2D eigenvalue weighted by Crippen LogP contribution is -2.33. The molecule has 0 aliphatic carbocycles. The number of oxazole rings is 1. The first kappa shape index (κ1) is 18.0. The molecule has 0 fully saturated rings. The Kier molecular flexibility index (Phi) is 5.98. The highest BCUT2D eigenvalue weighted by Gasteiger charge is 2.18. The van der Waals surface area contributed by atoms with Crippen LogP contribution in [0.2, 0.25) is 5.02 Å². The van der Waals surface area contributed by atoms with Crippen molar-refractivity contribution in [2.24, 2.45) is 5.92 Å². The molecule has 0 aliphatic heterocycles. The number of aryl methyl sites for hydroxylation is 1. The van der Waals surface area contributed by atoms with E-state index in [2.05, 4.69) is 4.98 Å². The number of carbonyl (C=O) groups is 2. The third-order valence-corrected chi connectivity index (χ3v) is 3.88. The maximum atomic E-state index is 12.0. The number of nitrogens with zero attached hydrogens (tertiary/aromatic N) is 2. The summed E-state index contributed by atoms with van der Waals surface area (Å²) in [5.41, 5.74) is 0.858. The van der Waals surface area contributed by atoms with Gasteiger partial charge < -0.3 is 14.4 Å². The van der Waals surface area contributed by atoms with Gasteiger partial charge in [-0.25, -0.2) is 4.98 Å². The summed E-state index contributed by atoms with van der Waals surface area (Å²) < 4.78 is 5.64. The number of hydrogen-bond donors (Lipinski definition) is 1. The molecule has 1 aromatic carbocycles. The first-order valence-electron chi connectivity index (χ1n) is 7.54. The molecular formula is C17H19ClN2O4. The van der Waals surface area contributed by atoms with Crippen molar-refractivity contribution in [1.82, 2.24) is 9.88 Å². The van der Waals surface area contributed by atoms with Crippen molar-refractivity contribution in [2.45, 2.75) is 19.8 Å². The summed E-state index contributed by atoms with van der Waals surface area (Å²) in [7, 11) is 1.59. The molecule has 1 N–H and O–H groups in total. The Labute approximate surface area is 145 Å². The quantitative estimate of drug-likeness (QED) is 0.829. The monoisotopic (exact) mass is 350 g/mol. The zero-order valence-corrected chi connectivity index (χ0v) is 14.3. The van der Waals surface area contributed by atoms with Crippen LogP contribution in [0.5, 0.6) is 0 Å². The third-order valence-electron chi connectivity index (χ3n) is 3.63. The van der Waals surface area contributed by atoms with Crippen LogP contribution in [0.3, 0.4) is 0 Å². The topological polar surface area (TPSA) is 83.6 Å². The van der Waals surface area contributed by atoms with E-state index >= 15 is 0 Å². The molecule has 24 heavy (non-hydrogen) atoms. The number of benzene rings is 1. The summed E-state index contributed by atoms with van der Waals surface area (Å²) in [6.45, 7) is 1.74. The van der Waals surface area contributed by atoms with Crippen molar-refractivity contribution >= 4 is 23.5 Å². The van der Waals surface area contributed by atoms with E-state index in [1.165, 1.54) is 4.90 Å². The predicted molar refractivity (Wildman–Crippen MR) is 89.7 cm³/mol. The Morgan fingerprint density at radius 1 is 1.33 bits per heavy atom. The summed E-state index contributed by atoms with van der Waals surface area (Å²) in [5, 5.41) is 9.52. The van der Waals surface area contributed by atoms with Gasteiger partial charge in [-0.3, -0.25) is 9.59 Å². The summed E-state index contributed by atoms with van der Waals surface area (Å²) in [6, 6.07) is 7.19. The average Bonchev–Trinajstić information content (AvgIpc) is 3.02. The van der Waals surface area contributed by atoms with Crippen molar-refractivity contribution in [3.05, 3.63) is 41.4 Å². The van der Waals surface area contributed by atoms with Crippen molar-refractivity contribution in [3.8, 4) is 11.3 Å². The second kappa shape index (κ2) is 7.97. The van der Waals surface area contributed by atoms with Gasteiger partial charge in [-0.2, -0.15) is 0 Å². The minimum absolute atomic E-state index is 0.144. The molecule has 0 saturated heterocycles. The lowest BCUT2D eigenvalue weighted by Gasteiger charge is -2.19. The van der Waals surface area contributed by atoms with E-state index in [9.17, 15) is 9.59 Å². The molecule has 2 aromatic rings. The van der Waals surface area contributed by atoms with Crippen molar-refractivity contribution in [2.75, 3.05) is 13.6 Å². The lowest BCUT2D eigenvalue weighted by molar-refractivity contribution is -0.142. The lowest BCUT2D eigenvalue weighted by atomic mass is 10.1. The second-order valence-electron chi connectivity index (χ2n) is 5.64. The number of carbonyl (C=O) groups excluding carboxylic acids is 1. The maximum absolute atomic E-state index is 12.0. The van der Waals surface area contributed by atoms with Crippen LogP contribution < -0.4 is 0 Å². The van der Waals surface area contributed by atoms with E-state index < -0.39 is 11.9 Å². The molecule has 0 bridgehead atoms. The highest BCUT2D eigenvalue weighted by atomic mass is 35.5. The Balaban J connectivity index is 1.89. The number of aliphatic carboxylic acids is 1. The van der Waals surface area contributed by atoms with Gasteiger partial charge in [0.1, 0.15) is 0 Å². The number of hydrogen-bond acceptors (Lipinski definition) is 4. The first-order valence-corrected chi connectivity index (χ1v) is 7.92. The van der Waals surface area contributed by atoms with Crippen molar-refractivity contribution < 1.29 is 19.1 Å². The standard InChI is InChI=1S/C17H19ClN2O4/c1-11(17(22)23)10-20(2)16(21)8-7-15-19-9-14(24-15)12-3-5-13(18)6-4-12/h3-6,9,11H,7-8,10H2,1-2H3,(H,22,23). The Bertz CT molecular complexity index is 712. The maximum Gasteiger partial charge on any atom is 0.308 e. The van der Waals surface area contributed by atoms with Gasteiger partial charge in [0.15, 0.2) is 11.7 Å². The van der Waals surface area contributed by atoms with E-state index in [4.69, 9.17) is 21.1 Å². The first-order chi connectivity index (χ1) is 11.4. The fourth-order valence-corrected chi connectivity index (χ4v) is 2.29. The molecule has 128 valence electrons. The van der Waals surface area contributed by atoms with E-state index in [-0.39, 0.29) is 18.9 Å². The Hall–Kier alpha value is -2.34. The summed E-state index contributed by atoms with van der Waals surface area (Å²) >= 11 is 5.85. The van der Waals surface area contributed by atoms with Gasteiger partial charge in [-0.15, -0.1) is 0 Å². The van der Waals surface area contributed by atoms with E-state index in [1.807, 2.05) is 12.1 Å². The zero-order valence-electron chi connectivity index (χ0n) is 13.5. The molecule has 2 rings (SSSR count). The van der Waals surface area contributed by atoms with Crippen LogP contribution in [0, 0.1) is 5.92 Å². The van der Waals surface area contributed by atoms with Gasteiger partial charge in [-0.1, -0.05) is 18.5 Å². The number of amides is 1. The van der Waals surface area contributed by atoms with Crippen molar-refractivity contribution in [1.29, 1.82) is 0 Å². The van der Waals surface area contributed by atoms with Crippen LogP contribution >= 0.6 is 11.6 Å². The van der Waals surface area contributed by atoms with E-state index in [0.29, 0.717) is 23.1 Å². The van der Waals surface area contributed by atoms with Gasteiger partial charge in [-0.05, 0) is 24.3 Å². The molecule has 0 radical (unpaired) electrons. The van der Waals surface area contributed by atoms with Gasteiger partial charge >= 0.3 is 5.97 Å². The number of aromatic nitrogens is 1. The zero-order chi connectivity index (χ0) is 17.7. The van der Waals surface area contributed by atoms with E-state index in [1.54, 1.807) is 32.3 Å². The minimum Gasteiger partial charge on any atom is -0.481 e. The average molecular weight is 351 g/mol. The Morgan fingerprint density at radius 2 is 2.00 bits per heavy atom. The molecule has 0 spiro atoms. The van der Waals surface area contributed by atoms with E-state index in [0.717, 1.165) is 5.56 Å². The molecule has 1 heterocycles. The highest BCUT2D eigenvalue weighted by molar-refractivity contribution is 6.30. The molecule has 7 heteroatoms. The van der Waals surface area contributed by atoms with Crippen LogP contribution in [-0.4, -0.2) is 40.5 Å². The number of carboxylic acids is 1. The number of carboxylic acid groups (broad SMARTS) is 1. The normalized spacial score (nSPS) is 12.0. The minimum atomic E-state index is -0.921. The fourth-order valence-electron chi connectivity index (χ4n) is 2.17. The number of halogens is 1. The smallest absolute Gasteiger partial charge is 0.308 e. The Morgan fingerprint density at radius 3 is 2.62 bits per heavy atom. The number of rotatable bonds is 7. The molecule has 1 unspecified atom stereocenters. The highest BCUT2D eigenvalue weighted by Crippen LogP contribution is 2.22. The SMILES string of the molecule is CC(CN(C)C(=O)CCc1ncc(-c2ccc(Cl)cc2)o1)C(=O)O. The second-order valence-corrected chi connectivity index (χ2v) is 6.08. The molecule has 6 nitrogen and oxygen atoms in total. The van der Waals surface area contributed by atoms with Crippen molar-refractivity contribution in [3.63, 3.8) is 0 Å². The molecular weight excluding hydrogens is 332 g/mol. The van der Waals surface area contributed by atoms with Gasteiger partial charge in [0.25, 0.3) is 0 Å². The van der Waals surface area contributed by atoms with Gasteiger partial charge in [0, 0.05) is 37.0 Å².